The Hall–Kier alpha value is -3.32. The van der Waals surface area contributed by atoms with E-state index in [0.29, 0.717) is 32.1 Å². The fourth-order valence-corrected chi connectivity index (χ4v) is 5.51. The molecule has 0 saturated heterocycles. The van der Waals surface area contributed by atoms with Gasteiger partial charge < -0.3 is 16.4 Å². The second kappa shape index (κ2) is 15.9. The molecule has 0 aromatic heterocycles. The fraction of sp³-hybridized carbons (Fsp3) is 0.556. The van der Waals surface area contributed by atoms with Gasteiger partial charge in [-0.3, -0.25) is 19.2 Å². The Bertz CT molecular complexity index is 1210. The Kier molecular flexibility index (Phi) is 12.7. The average Bonchev–Trinajstić information content (AvgIpc) is 3.73. The van der Waals surface area contributed by atoms with Crippen LogP contribution in [0.3, 0.4) is 0 Å². The number of hydrogen-bond donors (Lipinski definition) is 3. The molecule has 0 spiro atoms. The van der Waals surface area contributed by atoms with Crippen molar-refractivity contribution in [3.8, 4) is 0 Å². The van der Waals surface area contributed by atoms with Gasteiger partial charge in [-0.15, -0.1) is 0 Å². The number of aryl methyl sites for hydroxylation is 1. The molecule has 7 nitrogen and oxygen atoms in total. The van der Waals surface area contributed by atoms with E-state index in [0.717, 1.165) is 24.0 Å². The highest BCUT2D eigenvalue weighted by Crippen LogP contribution is 2.47. The van der Waals surface area contributed by atoms with Crippen LogP contribution in [-0.2, 0) is 32.0 Å². The summed E-state index contributed by atoms with van der Waals surface area (Å²) in [5.74, 6) is -1.09. The second-order valence-electron chi connectivity index (χ2n) is 13.5. The van der Waals surface area contributed by atoms with E-state index in [9.17, 15) is 19.2 Å². The van der Waals surface area contributed by atoms with Crippen molar-refractivity contribution in [3.05, 3.63) is 71.8 Å². The number of nitrogens with two attached hydrogens (primary N) is 1. The summed E-state index contributed by atoms with van der Waals surface area (Å²) in [6, 6.07) is 17.4. The molecule has 0 unspecified atom stereocenters. The van der Waals surface area contributed by atoms with Gasteiger partial charge in [0.25, 0.3) is 0 Å². The van der Waals surface area contributed by atoms with Crippen molar-refractivity contribution in [1.82, 2.24) is 10.6 Å². The number of nitrogens with one attached hydrogen (secondary N) is 2. The molecule has 0 bridgehead atoms. The maximum atomic E-state index is 13.8. The van der Waals surface area contributed by atoms with Crippen LogP contribution in [0.4, 0.5) is 0 Å². The largest absolute Gasteiger partial charge is 0.346 e. The van der Waals surface area contributed by atoms with Crippen molar-refractivity contribution in [2.45, 2.75) is 104 Å². The predicted molar refractivity (Wildman–Crippen MR) is 171 cm³/mol. The summed E-state index contributed by atoms with van der Waals surface area (Å²) in [7, 11) is 0. The van der Waals surface area contributed by atoms with Crippen LogP contribution < -0.4 is 16.4 Å². The Morgan fingerprint density at radius 3 is 1.81 bits per heavy atom. The minimum absolute atomic E-state index is 0.0441. The van der Waals surface area contributed by atoms with E-state index in [1.54, 1.807) is 0 Å². The Morgan fingerprint density at radius 2 is 1.28 bits per heavy atom. The topological polar surface area (TPSA) is 118 Å². The maximum absolute atomic E-state index is 13.8. The van der Waals surface area contributed by atoms with E-state index in [1.807, 2.05) is 95.3 Å². The zero-order valence-corrected chi connectivity index (χ0v) is 26.6. The number of hydrogen-bond acceptors (Lipinski definition) is 5. The predicted octanol–water partition coefficient (Wildman–Crippen LogP) is 5.20. The summed E-state index contributed by atoms with van der Waals surface area (Å²) in [4.78, 5) is 54.0. The van der Waals surface area contributed by atoms with Crippen LogP contribution in [0.5, 0.6) is 0 Å². The monoisotopic (exact) mass is 589 g/mol. The quantitative estimate of drug-likeness (QED) is 0.221. The second-order valence-corrected chi connectivity index (χ2v) is 13.5. The lowest BCUT2D eigenvalue weighted by Gasteiger charge is -2.27. The Morgan fingerprint density at radius 1 is 0.767 bits per heavy atom. The van der Waals surface area contributed by atoms with E-state index in [2.05, 4.69) is 10.6 Å². The number of carbonyl (C=O) groups excluding carboxylic acids is 4. The van der Waals surface area contributed by atoms with Gasteiger partial charge in [-0.05, 0) is 67.9 Å². The molecular weight excluding hydrogens is 538 g/mol. The molecule has 2 aromatic rings. The smallest absolute Gasteiger partial charge is 0.237 e. The van der Waals surface area contributed by atoms with E-state index < -0.39 is 24.0 Å². The molecular formula is C36H51N3O4. The van der Waals surface area contributed by atoms with Gasteiger partial charge in [-0.25, -0.2) is 0 Å². The lowest BCUT2D eigenvalue weighted by atomic mass is 9.87. The summed E-state index contributed by atoms with van der Waals surface area (Å²) >= 11 is 0. The molecule has 1 saturated carbocycles. The number of Topliss-reactive ketones (excluding diaryl/α,β-unsaturated/α-hetero) is 2. The Labute approximate surface area is 257 Å². The van der Waals surface area contributed by atoms with E-state index >= 15 is 0 Å². The molecule has 4 atom stereocenters. The van der Waals surface area contributed by atoms with Crippen molar-refractivity contribution in [2.24, 2.45) is 28.9 Å². The van der Waals surface area contributed by atoms with Crippen molar-refractivity contribution in [2.75, 3.05) is 0 Å². The van der Waals surface area contributed by atoms with Crippen LogP contribution >= 0.6 is 0 Å². The lowest BCUT2D eigenvalue weighted by Crippen LogP contribution is -2.50. The normalized spacial score (nSPS) is 16.7. The summed E-state index contributed by atoms with van der Waals surface area (Å²) in [6.45, 7) is 10.0. The minimum atomic E-state index is -0.752. The van der Waals surface area contributed by atoms with E-state index in [4.69, 9.17) is 5.73 Å². The average molecular weight is 590 g/mol. The van der Waals surface area contributed by atoms with Crippen molar-refractivity contribution in [1.29, 1.82) is 0 Å². The van der Waals surface area contributed by atoms with E-state index in [1.165, 1.54) is 0 Å². The van der Waals surface area contributed by atoms with Gasteiger partial charge in [0.15, 0.2) is 11.6 Å². The highest BCUT2D eigenvalue weighted by Gasteiger charge is 2.48. The summed E-state index contributed by atoms with van der Waals surface area (Å²) < 4.78 is 0. The zero-order valence-electron chi connectivity index (χ0n) is 26.6. The van der Waals surface area contributed by atoms with E-state index in [-0.39, 0.29) is 47.1 Å². The molecule has 1 fully saturated rings. The standard InChI is InChI=1S/C36H51N3O4/c1-24(2)20-30(38-35(43)29(37)17-16-26-12-8-6-9-13-26)32(40)23-28(22-27-14-10-7-11-15-27)34(42)39-31(21-25(3)4)33(41)36(5)18-19-36/h6-15,24-25,28-31H,16-23,37H2,1-5H3,(H,38,43)(H,39,42)/t28-,29+,30+,31+/m1/s1. The lowest BCUT2D eigenvalue weighted by molar-refractivity contribution is -0.135. The first-order valence-corrected chi connectivity index (χ1v) is 15.9. The summed E-state index contributed by atoms with van der Waals surface area (Å²) in [6.07, 6.45) is 4.11. The number of rotatable bonds is 18. The Balaban J connectivity index is 1.74. The highest BCUT2D eigenvalue weighted by atomic mass is 16.2. The van der Waals surface area contributed by atoms with Gasteiger partial charge in [0.1, 0.15) is 0 Å². The van der Waals surface area contributed by atoms with Crippen molar-refractivity contribution >= 4 is 23.4 Å². The molecule has 1 aliphatic carbocycles. The molecule has 234 valence electrons. The van der Waals surface area contributed by atoms with Crippen molar-refractivity contribution in [3.63, 3.8) is 0 Å². The molecule has 0 aliphatic heterocycles. The third-order valence-corrected chi connectivity index (χ3v) is 8.41. The molecule has 7 heteroatoms. The first-order chi connectivity index (χ1) is 20.4. The third kappa shape index (κ3) is 11.0. The number of ketones is 2. The summed E-state index contributed by atoms with van der Waals surface area (Å²) in [5, 5.41) is 5.95. The molecule has 3 rings (SSSR count). The SMILES string of the molecule is CC(C)C[C@H](NC(=O)[C@@H](N)CCc1ccccc1)C(=O)C[C@@H](Cc1ccccc1)C(=O)N[C@@H](CC(C)C)C(=O)C1(C)CC1. The van der Waals surface area contributed by atoms with Crippen LogP contribution in [0, 0.1) is 23.2 Å². The van der Waals surface area contributed by atoms with Crippen LogP contribution in [0.25, 0.3) is 0 Å². The molecule has 1 aliphatic rings. The fourth-order valence-electron chi connectivity index (χ4n) is 5.51. The van der Waals surface area contributed by atoms with Crippen LogP contribution in [0.1, 0.15) is 84.3 Å². The van der Waals surface area contributed by atoms with Gasteiger partial charge in [0.05, 0.1) is 18.1 Å². The molecule has 2 amide bonds. The minimum Gasteiger partial charge on any atom is -0.346 e. The first kappa shape index (κ1) is 34.2. The first-order valence-electron chi connectivity index (χ1n) is 15.9. The van der Waals surface area contributed by atoms with Gasteiger partial charge in [0, 0.05) is 17.8 Å². The van der Waals surface area contributed by atoms with Crippen molar-refractivity contribution < 1.29 is 19.2 Å². The molecule has 4 N–H and O–H groups in total. The molecule has 0 heterocycles. The van der Waals surface area contributed by atoms with Crippen LogP contribution in [0.15, 0.2) is 60.7 Å². The number of carbonyl (C=O) groups is 4. The number of amides is 2. The van der Waals surface area contributed by atoms with Gasteiger partial charge in [-0.2, -0.15) is 0 Å². The summed E-state index contributed by atoms with van der Waals surface area (Å²) in [5.41, 5.74) is 7.90. The van der Waals surface area contributed by atoms with Gasteiger partial charge >= 0.3 is 0 Å². The maximum Gasteiger partial charge on any atom is 0.237 e. The third-order valence-electron chi connectivity index (χ3n) is 8.41. The van der Waals surface area contributed by atoms with Crippen LogP contribution in [0.2, 0.25) is 0 Å². The molecule has 43 heavy (non-hydrogen) atoms. The number of benzene rings is 2. The van der Waals surface area contributed by atoms with Gasteiger partial charge in [-0.1, -0.05) is 95.3 Å². The highest BCUT2D eigenvalue weighted by molar-refractivity contribution is 5.97. The zero-order chi connectivity index (χ0) is 31.6. The van der Waals surface area contributed by atoms with Crippen LogP contribution in [-0.4, -0.2) is 41.5 Å². The molecule has 0 radical (unpaired) electrons. The molecule has 2 aromatic carbocycles. The van der Waals surface area contributed by atoms with Gasteiger partial charge in [0.2, 0.25) is 11.8 Å².